The first-order chi connectivity index (χ1) is 9.26. The van der Waals surface area contributed by atoms with E-state index >= 15 is 0 Å². The van der Waals surface area contributed by atoms with Crippen LogP contribution < -0.4 is 4.90 Å². The molecule has 0 radical (unpaired) electrons. The molecule has 1 atom stereocenters. The third-order valence-electron chi connectivity index (χ3n) is 3.51. The van der Waals surface area contributed by atoms with Crippen LogP contribution in [0.5, 0.6) is 0 Å². The van der Waals surface area contributed by atoms with E-state index in [1.807, 2.05) is 24.0 Å². The van der Waals surface area contributed by atoms with Gasteiger partial charge in [-0.1, -0.05) is 12.2 Å². The van der Waals surface area contributed by atoms with Crippen LogP contribution in [0.15, 0.2) is 36.4 Å². The first-order valence-corrected chi connectivity index (χ1v) is 6.72. The lowest BCUT2D eigenvalue weighted by Gasteiger charge is -2.27. The largest absolute Gasteiger partial charge is 0.312 e. The van der Waals surface area contributed by atoms with E-state index in [4.69, 9.17) is 5.26 Å². The predicted molar refractivity (Wildman–Crippen MR) is 75.7 cm³/mol. The average molecular weight is 254 g/mol. The Bertz CT molecular complexity index is 511. The minimum atomic E-state index is 0.0978. The van der Waals surface area contributed by atoms with E-state index in [0.29, 0.717) is 12.1 Å². The lowest BCUT2D eigenvalue weighted by molar-refractivity contribution is -0.122. The molecule has 19 heavy (non-hydrogen) atoms. The van der Waals surface area contributed by atoms with E-state index in [2.05, 4.69) is 18.2 Å². The molecule has 0 saturated heterocycles. The number of hydrogen-bond donors (Lipinski definition) is 0. The van der Waals surface area contributed by atoms with Crippen LogP contribution in [0, 0.1) is 17.2 Å². The third-order valence-corrected chi connectivity index (χ3v) is 3.51. The number of allylic oxidation sites excluding steroid dienone is 2. The Labute approximate surface area is 114 Å². The molecule has 1 aromatic carbocycles. The van der Waals surface area contributed by atoms with Gasteiger partial charge in [-0.05, 0) is 50.5 Å². The number of carbonyl (C=O) groups is 1. The van der Waals surface area contributed by atoms with E-state index in [1.54, 1.807) is 12.1 Å². The monoisotopic (exact) mass is 254 g/mol. The maximum Gasteiger partial charge on any atom is 0.230 e. The highest BCUT2D eigenvalue weighted by Crippen LogP contribution is 2.24. The van der Waals surface area contributed by atoms with Crippen molar-refractivity contribution in [3.63, 3.8) is 0 Å². The standard InChI is InChI=1S/C16H18N2O/c1-2-18(15-10-8-13(12-17)9-11-15)16(19)14-6-4-3-5-7-14/h3-4,8-11,14H,2,5-7H2,1H3/t14-/m0/s1. The zero-order valence-corrected chi connectivity index (χ0v) is 11.2. The molecule has 3 nitrogen and oxygen atoms in total. The Morgan fingerprint density at radius 3 is 2.63 bits per heavy atom. The van der Waals surface area contributed by atoms with Gasteiger partial charge in [-0.15, -0.1) is 0 Å². The summed E-state index contributed by atoms with van der Waals surface area (Å²) in [5.74, 6) is 0.289. The van der Waals surface area contributed by atoms with Crippen LogP contribution in [0.2, 0.25) is 0 Å². The summed E-state index contributed by atoms with van der Waals surface area (Å²) in [7, 11) is 0. The average Bonchev–Trinajstić information content (AvgIpc) is 2.49. The van der Waals surface area contributed by atoms with Crippen molar-refractivity contribution in [3.8, 4) is 6.07 Å². The molecule has 1 aromatic rings. The van der Waals surface area contributed by atoms with Gasteiger partial charge >= 0.3 is 0 Å². The molecule has 0 fully saturated rings. The molecule has 1 aliphatic carbocycles. The van der Waals surface area contributed by atoms with Crippen molar-refractivity contribution in [1.82, 2.24) is 0 Å². The summed E-state index contributed by atoms with van der Waals surface area (Å²) in [6.45, 7) is 2.64. The number of benzene rings is 1. The van der Waals surface area contributed by atoms with Crippen LogP contribution in [-0.2, 0) is 4.79 Å². The third kappa shape index (κ3) is 3.03. The highest BCUT2D eigenvalue weighted by Gasteiger charge is 2.24. The lowest BCUT2D eigenvalue weighted by atomic mass is 9.93. The van der Waals surface area contributed by atoms with Gasteiger partial charge < -0.3 is 4.90 Å². The first-order valence-electron chi connectivity index (χ1n) is 6.72. The van der Waals surface area contributed by atoms with E-state index in [1.165, 1.54) is 0 Å². The number of anilines is 1. The van der Waals surface area contributed by atoms with Crippen LogP contribution >= 0.6 is 0 Å². The van der Waals surface area contributed by atoms with Crippen molar-refractivity contribution in [1.29, 1.82) is 5.26 Å². The van der Waals surface area contributed by atoms with Gasteiger partial charge in [0.05, 0.1) is 11.6 Å². The molecule has 1 aliphatic rings. The number of hydrogen-bond acceptors (Lipinski definition) is 2. The Hall–Kier alpha value is -2.08. The SMILES string of the molecule is CCN(C(=O)[C@H]1CC=CCC1)c1ccc(C#N)cc1. The van der Waals surface area contributed by atoms with Gasteiger partial charge in [0.2, 0.25) is 5.91 Å². The van der Waals surface area contributed by atoms with Gasteiger partial charge in [0, 0.05) is 18.2 Å². The van der Waals surface area contributed by atoms with Crippen LogP contribution in [0.25, 0.3) is 0 Å². The van der Waals surface area contributed by atoms with Crippen molar-refractivity contribution < 1.29 is 4.79 Å². The number of nitrogens with zero attached hydrogens (tertiary/aromatic N) is 2. The fraction of sp³-hybridized carbons (Fsp3) is 0.375. The molecule has 98 valence electrons. The summed E-state index contributed by atoms with van der Waals surface area (Å²) in [6, 6.07) is 9.29. The van der Waals surface area contributed by atoms with Gasteiger partial charge in [-0.25, -0.2) is 0 Å². The van der Waals surface area contributed by atoms with Crippen LogP contribution in [0.3, 0.4) is 0 Å². The maximum absolute atomic E-state index is 12.5. The quantitative estimate of drug-likeness (QED) is 0.777. The Morgan fingerprint density at radius 1 is 1.37 bits per heavy atom. The molecule has 0 heterocycles. The zero-order valence-electron chi connectivity index (χ0n) is 11.2. The minimum Gasteiger partial charge on any atom is -0.312 e. The molecular weight excluding hydrogens is 236 g/mol. The normalized spacial score (nSPS) is 17.8. The van der Waals surface area contributed by atoms with Crippen LogP contribution in [0.1, 0.15) is 31.7 Å². The van der Waals surface area contributed by atoms with E-state index < -0.39 is 0 Å². The summed E-state index contributed by atoms with van der Waals surface area (Å²) in [6.07, 6.45) is 7.00. The summed E-state index contributed by atoms with van der Waals surface area (Å²) in [5.41, 5.74) is 1.49. The van der Waals surface area contributed by atoms with Crippen molar-refractivity contribution in [2.75, 3.05) is 11.4 Å². The lowest BCUT2D eigenvalue weighted by Crippen LogP contribution is -2.36. The molecule has 0 aliphatic heterocycles. The van der Waals surface area contributed by atoms with Crippen LogP contribution in [-0.4, -0.2) is 12.5 Å². The maximum atomic E-state index is 12.5. The fourth-order valence-electron chi connectivity index (χ4n) is 2.42. The highest BCUT2D eigenvalue weighted by molar-refractivity contribution is 5.95. The van der Waals surface area contributed by atoms with E-state index in [0.717, 1.165) is 24.9 Å². The summed E-state index contributed by atoms with van der Waals surface area (Å²) in [5, 5.41) is 8.80. The van der Waals surface area contributed by atoms with Gasteiger partial charge in [-0.2, -0.15) is 5.26 Å². The summed E-state index contributed by atoms with van der Waals surface area (Å²) < 4.78 is 0. The Balaban J connectivity index is 2.16. The molecule has 0 N–H and O–H groups in total. The van der Waals surface area contributed by atoms with Crippen molar-refractivity contribution in [2.45, 2.75) is 26.2 Å². The smallest absolute Gasteiger partial charge is 0.230 e. The number of nitriles is 1. The molecule has 0 unspecified atom stereocenters. The molecule has 0 spiro atoms. The van der Waals surface area contributed by atoms with Crippen LogP contribution in [0.4, 0.5) is 5.69 Å². The van der Waals surface area contributed by atoms with Gasteiger partial charge in [0.25, 0.3) is 0 Å². The zero-order chi connectivity index (χ0) is 13.7. The molecule has 0 saturated carbocycles. The van der Waals surface area contributed by atoms with Crippen molar-refractivity contribution in [2.24, 2.45) is 5.92 Å². The molecule has 0 bridgehead atoms. The van der Waals surface area contributed by atoms with Crippen molar-refractivity contribution >= 4 is 11.6 Å². The topological polar surface area (TPSA) is 44.1 Å². The number of amides is 1. The van der Waals surface area contributed by atoms with Gasteiger partial charge in [0.1, 0.15) is 0 Å². The first kappa shape index (κ1) is 13.4. The predicted octanol–water partition coefficient (Wildman–Crippen LogP) is 3.27. The second-order valence-electron chi connectivity index (χ2n) is 4.72. The molecule has 2 rings (SSSR count). The number of rotatable bonds is 3. The van der Waals surface area contributed by atoms with Crippen molar-refractivity contribution in [3.05, 3.63) is 42.0 Å². The Kier molecular flexibility index (Phi) is 4.35. The van der Waals surface area contributed by atoms with E-state index in [-0.39, 0.29) is 11.8 Å². The minimum absolute atomic E-state index is 0.0978. The second kappa shape index (κ2) is 6.19. The van der Waals surface area contributed by atoms with Gasteiger partial charge in [0.15, 0.2) is 0 Å². The molecule has 3 heteroatoms. The van der Waals surface area contributed by atoms with E-state index in [9.17, 15) is 4.79 Å². The molecule has 0 aromatic heterocycles. The summed E-state index contributed by atoms with van der Waals surface area (Å²) in [4.78, 5) is 14.3. The summed E-state index contributed by atoms with van der Waals surface area (Å²) >= 11 is 0. The fourth-order valence-corrected chi connectivity index (χ4v) is 2.42. The second-order valence-corrected chi connectivity index (χ2v) is 4.72. The Morgan fingerprint density at radius 2 is 2.11 bits per heavy atom. The molecule has 1 amide bonds. The number of carbonyl (C=O) groups excluding carboxylic acids is 1. The highest BCUT2D eigenvalue weighted by atomic mass is 16.2. The van der Waals surface area contributed by atoms with Gasteiger partial charge in [-0.3, -0.25) is 4.79 Å². The molecular formula is C16H18N2O.